The SMILES string of the molecule is Cc1cc(N2CCOCC2)nc(N2CCN(C(=O)c3ccccc3)CC2)n1. The van der Waals surface area contributed by atoms with Crippen molar-refractivity contribution >= 4 is 17.7 Å². The van der Waals surface area contributed by atoms with Crippen molar-refractivity contribution in [2.24, 2.45) is 0 Å². The molecule has 2 aliphatic heterocycles. The molecule has 1 aromatic heterocycles. The molecular formula is C20H25N5O2. The van der Waals surface area contributed by atoms with E-state index in [2.05, 4.69) is 14.8 Å². The summed E-state index contributed by atoms with van der Waals surface area (Å²) in [7, 11) is 0. The number of benzene rings is 1. The van der Waals surface area contributed by atoms with Crippen LogP contribution in [0.4, 0.5) is 11.8 Å². The number of hydrogen-bond acceptors (Lipinski definition) is 6. The van der Waals surface area contributed by atoms with E-state index in [-0.39, 0.29) is 5.91 Å². The highest BCUT2D eigenvalue weighted by Crippen LogP contribution is 2.20. The summed E-state index contributed by atoms with van der Waals surface area (Å²) in [5.41, 5.74) is 1.71. The maximum atomic E-state index is 12.6. The van der Waals surface area contributed by atoms with Crippen LogP contribution < -0.4 is 9.80 Å². The van der Waals surface area contributed by atoms with Gasteiger partial charge >= 0.3 is 0 Å². The van der Waals surface area contributed by atoms with Gasteiger partial charge in [0.15, 0.2) is 0 Å². The van der Waals surface area contributed by atoms with Crippen LogP contribution in [0.5, 0.6) is 0 Å². The largest absolute Gasteiger partial charge is 0.378 e. The minimum absolute atomic E-state index is 0.0921. The van der Waals surface area contributed by atoms with Crippen molar-refractivity contribution in [3.8, 4) is 0 Å². The first kappa shape index (κ1) is 17.7. The number of ether oxygens (including phenoxy) is 1. The first-order chi connectivity index (χ1) is 13.2. The Balaban J connectivity index is 1.43. The molecule has 3 heterocycles. The quantitative estimate of drug-likeness (QED) is 0.821. The van der Waals surface area contributed by atoms with Gasteiger partial charge in [-0.15, -0.1) is 0 Å². The van der Waals surface area contributed by atoms with Crippen LogP contribution in [0.3, 0.4) is 0 Å². The number of nitrogens with zero attached hydrogens (tertiary/aromatic N) is 5. The van der Waals surface area contributed by atoms with Crippen LogP contribution in [-0.4, -0.2) is 73.3 Å². The van der Waals surface area contributed by atoms with Gasteiger partial charge in [0.05, 0.1) is 13.2 Å². The molecule has 0 spiro atoms. The van der Waals surface area contributed by atoms with E-state index in [1.165, 1.54) is 0 Å². The molecule has 0 saturated carbocycles. The van der Waals surface area contributed by atoms with E-state index in [0.717, 1.165) is 62.4 Å². The third kappa shape index (κ3) is 4.03. The molecule has 2 aliphatic rings. The second kappa shape index (κ2) is 7.92. The molecule has 2 saturated heterocycles. The Labute approximate surface area is 159 Å². The molecule has 0 N–H and O–H groups in total. The highest BCUT2D eigenvalue weighted by Gasteiger charge is 2.24. The normalized spacial score (nSPS) is 17.9. The van der Waals surface area contributed by atoms with Gasteiger partial charge in [0, 0.05) is 56.6 Å². The highest BCUT2D eigenvalue weighted by molar-refractivity contribution is 5.94. The van der Waals surface area contributed by atoms with Crippen LogP contribution >= 0.6 is 0 Å². The summed E-state index contributed by atoms with van der Waals surface area (Å²) in [4.78, 5) is 28.4. The molecule has 1 amide bonds. The standard InChI is InChI=1S/C20H25N5O2/c1-16-15-18(23-11-13-27-14-12-23)22-20(21-16)25-9-7-24(8-10-25)19(26)17-5-3-2-4-6-17/h2-6,15H,7-14H2,1H3. The molecule has 0 unspecified atom stereocenters. The van der Waals surface area contributed by atoms with Gasteiger partial charge in [0.2, 0.25) is 5.95 Å². The molecule has 4 rings (SSSR count). The molecule has 2 fully saturated rings. The van der Waals surface area contributed by atoms with Crippen molar-refractivity contribution < 1.29 is 9.53 Å². The first-order valence-corrected chi connectivity index (χ1v) is 9.48. The molecule has 0 aliphatic carbocycles. The smallest absolute Gasteiger partial charge is 0.253 e. The predicted molar refractivity (Wildman–Crippen MR) is 104 cm³/mol. The van der Waals surface area contributed by atoms with Gasteiger partial charge < -0.3 is 19.4 Å². The number of piperazine rings is 1. The average molecular weight is 367 g/mol. The fourth-order valence-electron chi connectivity index (χ4n) is 3.51. The Morgan fingerprint density at radius 1 is 0.926 bits per heavy atom. The number of aryl methyl sites for hydroxylation is 1. The average Bonchev–Trinajstić information content (AvgIpc) is 2.74. The fraction of sp³-hybridized carbons (Fsp3) is 0.450. The number of amides is 1. The third-order valence-corrected chi connectivity index (χ3v) is 5.03. The van der Waals surface area contributed by atoms with Gasteiger partial charge in [-0.05, 0) is 19.1 Å². The van der Waals surface area contributed by atoms with Gasteiger partial charge in [-0.25, -0.2) is 4.98 Å². The van der Waals surface area contributed by atoms with E-state index in [9.17, 15) is 4.79 Å². The first-order valence-electron chi connectivity index (χ1n) is 9.48. The number of hydrogen-bond donors (Lipinski definition) is 0. The molecule has 0 radical (unpaired) electrons. The third-order valence-electron chi connectivity index (χ3n) is 5.03. The molecule has 142 valence electrons. The molecule has 2 aromatic rings. The summed E-state index contributed by atoms with van der Waals surface area (Å²) < 4.78 is 5.44. The lowest BCUT2D eigenvalue weighted by atomic mass is 10.2. The van der Waals surface area contributed by atoms with Crippen molar-refractivity contribution in [1.29, 1.82) is 0 Å². The topological polar surface area (TPSA) is 61.8 Å². The van der Waals surface area contributed by atoms with Gasteiger partial charge in [0.1, 0.15) is 5.82 Å². The maximum absolute atomic E-state index is 12.6. The molecule has 27 heavy (non-hydrogen) atoms. The van der Waals surface area contributed by atoms with Crippen LogP contribution in [0.15, 0.2) is 36.4 Å². The Hall–Kier alpha value is -2.67. The summed E-state index contributed by atoms with van der Waals surface area (Å²) in [6, 6.07) is 11.5. The zero-order valence-electron chi connectivity index (χ0n) is 15.7. The fourth-order valence-corrected chi connectivity index (χ4v) is 3.51. The van der Waals surface area contributed by atoms with Gasteiger partial charge in [0.25, 0.3) is 5.91 Å². The summed E-state index contributed by atoms with van der Waals surface area (Å²) in [6.45, 7) is 8.02. The number of morpholine rings is 1. The number of carbonyl (C=O) groups excluding carboxylic acids is 1. The van der Waals surface area contributed by atoms with Crippen LogP contribution in [0, 0.1) is 6.92 Å². The highest BCUT2D eigenvalue weighted by atomic mass is 16.5. The molecule has 7 nitrogen and oxygen atoms in total. The molecular weight excluding hydrogens is 342 g/mol. The van der Waals surface area contributed by atoms with Crippen molar-refractivity contribution in [3.63, 3.8) is 0 Å². The predicted octanol–water partition coefficient (Wildman–Crippen LogP) is 1.58. The van der Waals surface area contributed by atoms with Gasteiger partial charge in [-0.2, -0.15) is 4.98 Å². The summed E-state index contributed by atoms with van der Waals surface area (Å²) in [5, 5.41) is 0. The lowest BCUT2D eigenvalue weighted by molar-refractivity contribution is 0.0746. The van der Waals surface area contributed by atoms with Crippen molar-refractivity contribution in [2.45, 2.75) is 6.92 Å². The van der Waals surface area contributed by atoms with E-state index in [1.54, 1.807) is 0 Å². The zero-order chi connectivity index (χ0) is 18.6. The van der Waals surface area contributed by atoms with Crippen LogP contribution in [0.2, 0.25) is 0 Å². The van der Waals surface area contributed by atoms with Crippen LogP contribution in [0.25, 0.3) is 0 Å². The van der Waals surface area contributed by atoms with Crippen molar-refractivity contribution in [1.82, 2.24) is 14.9 Å². The van der Waals surface area contributed by atoms with E-state index < -0.39 is 0 Å². The minimum Gasteiger partial charge on any atom is -0.378 e. The number of aromatic nitrogens is 2. The number of carbonyl (C=O) groups is 1. The Morgan fingerprint density at radius 2 is 1.63 bits per heavy atom. The van der Waals surface area contributed by atoms with E-state index in [0.29, 0.717) is 13.1 Å². The molecule has 0 atom stereocenters. The van der Waals surface area contributed by atoms with E-state index in [1.807, 2.05) is 48.2 Å². The minimum atomic E-state index is 0.0921. The number of anilines is 2. The summed E-state index contributed by atoms with van der Waals surface area (Å²) in [5.74, 6) is 1.81. The van der Waals surface area contributed by atoms with Crippen LogP contribution in [-0.2, 0) is 4.74 Å². The summed E-state index contributed by atoms with van der Waals surface area (Å²) >= 11 is 0. The second-order valence-corrected chi connectivity index (χ2v) is 6.91. The lowest BCUT2D eigenvalue weighted by Crippen LogP contribution is -2.49. The van der Waals surface area contributed by atoms with Crippen molar-refractivity contribution in [3.05, 3.63) is 47.7 Å². The zero-order valence-corrected chi connectivity index (χ0v) is 15.7. The lowest BCUT2D eigenvalue weighted by Gasteiger charge is -2.35. The van der Waals surface area contributed by atoms with E-state index >= 15 is 0 Å². The monoisotopic (exact) mass is 367 g/mol. The van der Waals surface area contributed by atoms with E-state index in [4.69, 9.17) is 9.72 Å². The van der Waals surface area contributed by atoms with Gasteiger partial charge in [-0.1, -0.05) is 18.2 Å². The van der Waals surface area contributed by atoms with Crippen molar-refractivity contribution in [2.75, 3.05) is 62.3 Å². The molecule has 7 heteroatoms. The maximum Gasteiger partial charge on any atom is 0.253 e. The molecule has 0 bridgehead atoms. The van der Waals surface area contributed by atoms with Crippen LogP contribution in [0.1, 0.15) is 16.1 Å². The second-order valence-electron chi connectivity index (χ2n) is 6.91. The number of rotatable bonds is 3. The Morgan fingerprint density at radius 3 is 2.33 bits per heavy atom. The van der Waals surface area contributed by atoms with Gasteiger partial charge in [-0.3, -0.25) is 4.79 Å². The summed E-state index contributed by atoms with van der Waals surface area (Å²) in [6.07, 6.45) is 0. The Kier molecular flexibility index (Phi) is 5.20. The molecule has 1 aromatic carbocycles. The Bertz CT molecular complexity index is 784.